The van der Waals surface area contributed by atoms with Crippen LogP contribution in [0.25, 0.3) is 0 Å². The van der Waals surface area contributed by atoms with Crippen molar-refractivity contribution in [1.82, 2.24) is 10.2 Å². The molecule has 3 atom stereocenters. The van der Waals surface area contributed by atoms with Crippen LogP contribution < -0.4 is 5.32 Å². The zero-order valence-electron chi connectivity index (χ0n) is 9.33. The van der Waals surface area contributed by atoms with Gasteiger partial charge < -0.3 is 9.64 Å². The van der Waals surface area contributed by atoms with Crippen molar-refractivity contribution in [3.05, 3.63) is 0 Å². The van der Waals surface area contributed by atoms with E-state index in [1.165, 1.54) is 25.9 Å². The van der Waals surface area contributed by atoms with Crippen LogP contribution >= 0.6 is 0 Å². The van der Waals surface area contributed by atoms with Gasteiger partial charge in [-0.05, 0) is 32.9 Å². The molecule has 0 saturated carbocycles. The summed E-state index contributed by atoms with van der Waals surface area (Å²) in [7, 11) is 0. The molecule has 2 aliphatic heterocycles. The van der Waals surface area contributed by atoms with Gasteiger partial charge in [-0.15, -0.1) is 0 Å². The zero-order valence-corrected chi connectivity index (χ0v) is 9.33. The first-order chi connectivity index (χ1) is 6.79. The maximum absolute atomic E-state index is 5.78. The van der Waals surface area contributed by atoms with E-state index >= 15 is 0 Å². The van der Waals surface area contributed by atoms with E-state index in [-0.39, 0.29) is 0 Å². The first-order valence-corrected chi connectivity index (χ1v) is 5.92. The number of ether oxygens (including phenoxy) is 1. The molecule has 0 aromatic carbocycles. The van der Waals surface area contributed by atoms with Crippen molar-refractivity contribution in [2.75, 3.05) is 19.6 Å². The molecule has 2 rings (SSSR count). The number of likely N-dealkylation sites (tertiary alicyclic amines) is 1. The first kappa shape index (κ1) is 10.4. The van der Waals surface area contributed by atoms with Crippen molar-refractivity contribution in [3.8, 4) is 0 Å². The summed E-state index contributed by atoms with van der Waals surface area (Å²) in [5.41, 5.74) is 0. The predicted octanol–water partition coefficient (Wildman–Crippen LogP) is 1.20. The Balaban J connectivity index is 1.79. The molecule has 2 fully saturated rings. The minimum atomic E-state index is 0.308. The molecule has 0 aromatic rings. The van der Waals surface area contributed by atoms with Gasteiger partial charge in [0.15, 0.2) is 0 Å². The van der Waals surface area contributed by atoms with E-state index in [0.29, 0.717) is 12.3 Å². The lowest BCUT2D eigenvalue weighted by Crippen LogP contribution is -2.35. The topological polar surface area (TPSA) is 24.5 Å². The Kier molecular flexibility index (Phi) is 3.42. The minimum absolute atomic E-state index is 0.308. The fourth-order valence-electron chi connectivity index (χ4n) is 2.64. The summed E-state index contributed by atoms with van der Waals surface area (Å²) in [6, 6.07) is 0.753. The summed E-state index contributed by atoms with van der Waals surface area (Å²) in [6.45, 7) is 7.88. The third-order valence-electron chi connectivity index (χ3n) is 3.42. The summed E-state index contributed by atoms with van der Waals surface area (Å²) in [4.78, 5) is 2.58. The van der Waals surface area contributed by atoms with Crippen LogP contribution in [0.1, 0.15) is 33.1 Å². The van der Waals surface area contributed by atoms with Crippen LogP contribution in [0.15, 0.2) is 0 Å². The largest absolute Gasteiger partial charge is 0.359 e. The third-order valence-corrected chi connectivity index (χ3v) is 3.42. The molecule has 2 heterocycles. The van der Waals surface area contributed by atoms with Gasteiger partial charge in [0.1, 0.15) is 6.23 Å². The van der Waals surface area contributed by atoms with Crippen LogP contribution in [0.5, 0.6) is 0 Å². The SMILES string of the molecule is CCN1CCCC1CC1NCC(C)O1. The average Bonchev–Trinajstić information content (AvgIpc) is 2.76. The fraction of sp³-hybridized carbons (Fsp3) is 1.00. The van der Waals surface area contributed by atoms with Crippen LogP contribution in [0.3, 0.4) is 0 Å². The number of hydrogen-bond acceptors (Lipinski definition) is 3. The lowest BCUT2D eigenvalue weighted by molar-refractivity contribution is 0.0307. The molecule has 2 aliphatic rings. The monoisotopic (exact) mass is 198 g/mol. The van der Waals surface area contributed by atoms with Crippen molar-refractivity contribution >= 4 is 0 Å². The van der Waals surface area contributed by atoms with Crippen LogP contribution in [0.2, 0.25) is 0 Å². The Morgan fingerprint density at radius 2 is 2.36 bits per heavy atom. The van der Waals surface area contributed by atoms with Crippen molar-refractivity contribution < 1.29 is 4.74 Å². The lowest BCUT2D eigenvalue weighted by Gasteiger charge is -2.25. The maximum Gasteiger partial charge on any atom is 0.110 e. The van der Waals surface area contributed by atoms with E-state index in [0.717, 1.165) is 19.0 Å². The second-order valence-electron chi connectivity index (χ2n) is 4.50. The average molecular weight is 198 g/mol. The van der Waals surface area contributed by atoms with Gasteiger partial charge in [0.2, 0.25) is 0 Å². The van der Waals surface area contributed by atoms with Crippen molar-refractivity contribution in [1.29, 1.82) is 0 Å². The predicted molar refractivity (Wildman–Crippen MR) is 57.2 cm³/mol. The van der Waals surface area contributed by atoms with Gasteiger partial charge >= 0.3 is 0 Å². The highest BCUT2D eigenvalue weighted by molar-refractivity contribution is 4.82. The summed E-state index contributed by atoms with van der Waals surface area (Å²) in [5, 5.41) is 3.43. The second kappa shape index (κ2) is 4.60. The van der Waals surface area contributed by atoms with E-state index in [4.69, 9.17) is 4.74 Å². The molecule has 2 saturated heterocycles. The second-order valence-corrected chi connectivity index (χ2v) is 4.50. The summed E-state index contributed by atoms with van der Waals surface area (Å²) < 4.78 is 5.78. The standard InChI is InChI=1S/C11H22N2O/c1-3-13-6-4-5-10(13)7-11-12-8-9(2)14-11/h9-12H,3-8H2,1-2H3. The number of nitrogens with zero attached hydrogens (tertiary/aromatic N) is 1. The third kappa shape index (κ3) is 2.27. The van der Waals surface area contributed by atoms with Gasteiger partial charge in [0.25, 0.3) is 0 Å². The highest BCUT2D eigenvalue weighted by Gasteiger charge is 2.29. The highest BCUT2D eigenvalue weighted by atomic mass is 16.5. The van der Waals surface area contributed by atoms with Crippen LogP contribution in [-0.2, 0) is 4.74 Å². The van der Waals surface area contributed by atoms with Crippen molar-refractivity contribution in [3.63, 3.8) is 0 Å². The molecule has 1 N–H and O–H groups in total. The van der Waals surface area contributed by atoms with Gasteiger partial charge in [-0.1, -0.05) is 6.92 Å². The molecule has 3 nitrogen and oxygen atoms in total. The smallest absolute Gasteiger partial charge is 0.110 e. The molecular formula is C11H22N2O. The zero-order chi connectivity index (χ0) is 9.97. The molecule has 0 radical (unpaired) electrons. The van der Waals surface area contributed by atoms with Gasteiger partial charge in [0, 0.05) is 19.0 Å². The highest BCUT2D eigenvalue weighted by Crippen LogP contribution is 2.22. The maximum atomic E-state index is 5.78. The van der Waals surface area contributed by atoms with Crippen LogP contribution in [-0.4, -0.2) is 42.9 Å². The van der Waals surface area contributed by atoms with E-state index < -0.39 is 0 Å². The van der Waals surface area contributed by atoms with Crippen LogP contribution in [0, 0.1) is 0 Å². The van der Waals surface area contributed by atoms with E-state index in [2.05, 4.69) is 24.1 Å². The van der Waals surface area contributed by atoms with Gasteiger partial charge in [0.05, 0.1) is 6.10 Å². The quantitative estimate of drug-likeness (QED) is 0.737. The van der Waals surface area contributed by atoms with E-state index in [1.54, 1.807) is 0 Å². The fourth-order valence-corrected chi connectivity index (χ4v) is 2.64. The Morgan fingerprint density at radius 1 is 1.50 bits per heavy atom. The summed E-state index contributed by atoms with van der Waals surface area (Å²) in [5.74, 6) is 0. The van der Waals surface area contributed by atoms with Gasteiger partial charge in [-0.25, -0.2) is 0 Å². The normalized spacial score (nSPS) is 39.4. The van der Waals surface area contributed by atoms with Crippen molar-refractivity contribution in [2.45, 2.75) is 51.5 Å². The Bertz CT molecular complexity index is 186. The Hall–Kier alpha value is -0.120. The summed E-state index contributed by atoms with van der Waals surface area (Å²) in [6.07, 6.45) is 4.58. The minimum Gasteiger partial charge on any atom is -0.359 e. The van der Waals surface area contributed by atoms with Gasteiger partial charge in [-0.3, -0.25) is 5.32 Å². The number of hydrogen-bond donors (Lipinski definition) is 1. The van der Waals surface area contributed by atoms with E-state index in [9.17, 15) is 0 Å². The van der Waals surface area contributed by atoms with Gasteiger partial charge in [-0.2, -0.15) is 0 Å². The molecule has 3 unspecified atom stereocenters. The Morgan fingerprint density at radius 3 is 3.00 bits per heavy atom. The first-order valence-electron chi connectivity index (χ1n) is 5.92. The molecule has 3 heteroatoms. The number of rotatable bonds is 3. The van der Waals surface area contributed by atoms with E-state index in [1.807, 2.05) is 0 Å². The molecule has 0 amide bonds. The van der Waals surface area contributed by atoms with Crippen molar-refractivity contribution in [2.24, 2.45) is 0 Å². The summed E-state index contributed by atoms with van der Waals surface area (Å²) >= 11 is 0. The Labute approximate surface area is 86.8 Å². The molecule has 14 heavy (non-hydrogen) atoms. The molecular weight excluding hydrogens is 176 g/mol. The van der Waals surface area contributed by atoms with Crippen LogP contribution in [0.4, 0.5) is 0 Å². The molecule has 0 aromatic heterocycles. The molecule has 82 valence electrons. The lowest BCUT2D eigenvalue weighted by atomic mass is 10.1. The number of nitrogens with one attached hydrogen (secondary N) is 1. The molecule has 0 spiro atoms. The molecule has 0 bridgehead atoms. The molecule has 0 aliphatic carbocycles.